The molecule has 1 aromatic carbocycles. The number of hydrogen-bond donors (Lipinski definition) is 2. The molecule has 0 bridgehead atoms. The highest BCUT2D eigenvalue weighted by molar-refractivity contribution is 5.43. The van der Waals surface area contributed by atoms with Crippen molar-refractivity contribution in [1.82, 2.24) is 9.97 Å². The summed E-state index contributed by atoms with van der Waals surface area (Å²) in [5, 5.41) is 6.64. The number of aryl methyl sites for hydroxylation is 1. The van der Waals surface area contributed by atoms with Crippen molar-refractivity contribution in [2.24, 2.45) is 0 Å². The second kappa shape index (κ2) is 8.98. The van der Waals surface area contributed by atoms with Crippen molar-refractivity contribution in [2.75, 3.05) is 24.3 Å². The zero-order chi connectivity index (χ0) is 16.5. The van der Waals surface area contributed by atoms with E-state index in [0.29, 0.717) is 12.5 Å². The second-order valence-electron chi connectivity index (χ2n) is 5.52. The number of benzene rings is 1. The van der Waals surface area contributed by atoms with E-state index in [0.717, 1.165) is 35.8 Å². The lowest BCUT2D eigenvalue weighted by Gasteiger charge is -2.11. The largest absolute Gasteiger partial charge is 0.496 e. The van der Waals surface area contributed by atoms with Gasteiger partial charge in [-0.2, -0.15) is 4.98 Å². The van der Waals surface area contributed by atoms with Gasteiger partial charge in [0.2, 0.25) is 5.95 Å². The first-order valence-electron chi connectivity index (χ1n) is 8.18. The molecule has 0 aliphatic heterocycles. The van der Waals surface area contributed by atoms with Crippen LogP contribution >= 0.6 is 0 Å². The highest BCUT2D eigenvalue weighted by Gasteiger charge is 2.05. The zero-order valence-electron chi connectivity index (χ0n) is 14.2. The number of nitrogens with one attached hydrogen (secondary N) is 2. The zero-order valence-corrected chi connectivity index (χ0v) is 14.2. The van der Waals surface area contributed by atoms with Gasteiger partial charge in [-0.25, -0.2) is 4.98 Å². The molecular formula is C18H26N4O. The van der Waals surface area contributed by atoms with Crippen LogP contribution in [0.5, 0.6) is 5.75 Å². The number of aromatic nitrogens is 2. The molecule has 1 aromatic heterocycles. The van der Waals surface area contributed by atoms with E-state index in [1.165, 1.54) is 12.8 Å². The number of unbranched alkanes of at least 4 members (excludes halogenated alkanes) is 2. The molecule has 1 heterocycles. The molecule has 0 radical (unpaired) electrons. The van der Waals surface area contributed by atoms with Gasteiger partial charge in [-0.05, 0) is 19.4 Å². The first-order chi connectivity index (χ1) is 11.2. The van der Waals surface area contributed by atoms with Gasteiger partial charge in [0.05, 0.1) is 7.11 Å². The van der Waals surface area contributed by atoms with Crippen LogP contribution in [0.3, 0.4) is 0 Å². The normalized spacial score (nSPS) is 10.4. The number of ether oxygens (including phenoxy) is 1. The molecule has 0 spiro atoms. The predicted octanol–water partition coefficient (Wildman–Crippen LogP) is 4.01. The molecule has 0 aliphatic carbocycles. The van der Waals surface area contributed by atoms with Crippen LogP contribution in [-0.4, -0.2) is 23.6 Å². The predicted molar refractivity (Wildman–Crippen MR) is 95.1 cm³/mol. The number of hydrogen-bond acceptors (Lipinski definition) is 5. The number of anilines is 2. The van der Waals surface area contributed by atoms with Crippen LogP contribution in [-0.2, 0) is 6.54 Å². The van der Waals surface area contributed by atoms with Crippen molar-refractivity contribution in [1.29, 1.82) is 0 Å². The van der Waals surface area contributed by atoms with Crippen LogP contribution in [0.25, 0.3) is 0 Å². The number of nitrogens with zero attached hydrogens (tertiary/aromatic N) is 2. The van der Waals surface area contributed by atoms with Crippen LogP contribution in [0.1, 0.15) is 37.4 Å². The van der Waals surface area contributed by atoms with Gasteiger partial charge in [-0.15, -0.1) is 0 Å². The Hall–Kier alpha value is -2.30. The maximum Gasteiger partial charge on any atom is 0.225 e. The van der Waals surface area contributed by atoms with Gasteiger partial charge >= 0.3 is 0 Å². The summed E-state index contributed by atoms with van der Waals surface area (Å²) in [6, 6.07) is 9.92. The standard InChI is InChI=1S/C18H26N4O/c1-4-5-8-11-19-17-12-14(2)21-18(22-17)20-13-15-9-6-7-10-16(15)23-3/h6-7,9-10,12H,4-5,8,11,13H2,1-3H3,(H2,19,20,21,22). The fourth-order valence-electron chi connectivity index (χ4n) is 2.35. The van der Waals surface area contributed by atoms with Gasteiger partial charge in [0.15, 0.2) is 0 Å². The summed E-state index contributed by atoms with van der Waals surface area (Å²) in [5.74, 6) is 2.37. The lowest BCUT2D eigenvalue weighted by Crippen LogP contribution is -2.09. The minimum absolute atomic E-state index is 0.628. The van der Waals surface area contributed by atoms with Crippen molar-refractivity contribution < 1.29 is 4.74 Å². The van der Waals surface area contributed by atoms with Gasteiger partial charge in [0.25, 0.3) is 0 Å². The van der Waals surface area contributed by atoms with E-state index < -0.39 is 0 Å². The molecule has 0 aliphatic rings. The molecule has 2 rings (SSSR count). The molecule has 23 heavy (non-hydrogen) atoms. The van der Waals surface area contributed by atoms with E-state index in [-0.39, 0.29) is 0 Å². The Morgan fingerprint density at radius 1 is 1.09 bits per heavy atom. The van der Waals surface area contributed by atoms with Gasteiger partial charge in [-0.3, -0.25) is 0 Å². The second-order valence-corrected chi connectivity index (χ2v) is 5.52. The van der Waals surface area contributed by atoms with Gasteiger partial charge in [0, 0.05) is 30.4 Å². The summed E-state index contributed by atoms with van der Waals surface area (Å²) >= 11 is 0. The Kier molecular flexibility index (Phi) is 6.66. The summed E-state index contributed by atoms with van der Waals surface area (Å²) in [7, 11) is 1.68. The molecule has 0 saturated heterocycles. The van der Waals surface area contributed by atoms with Crippen molar-refractivity contribution in [2.45, 2.75) is 39.7 Å². The van der Waals surface area contributed by atoms with Crippen molar-refractivity contribution in [3.8, 4) is 5.75 Å². The Labute approximate surface area is 138 Å². The Morgan fingerprint density at radius 2 is 1.91 bits per heavy atom. The quantitative estimate of drug-likeness (QED) is 0.685. The van der Waals surface area contributed by atoms with Crippen molar-refractivity contribution >= 4 is 11.8 Å². The third-order valence-electron chi connectivity index (χ3n) is 3.57. The van der Waals surface area contributed by atoms with E-state index in [1.54, 1.807) is 7.11 Å². The molecule has 5 nitrogen and oxygen atoms in total. The number of rotatable bonds is 9. The lowest BCUT2D eigenvalue weighted by atomic mass is 10.2. The Morgan fingerprint density at radius 3 is 2.70 bits per heavy atom. The van der Waals surface area contributed by atoms with E-state index >= 15 is 0 Å². The van der Waals surface area contributed by atoms with Crippen molar-refractivity contribution in [3.63, 3.8) is 0 Å². The molecule has 5 heteroatoms. The van der Waals surface area contributed by atoms with Crippen LogP contribution in [0.15, 0.2) is 30.3 Å². The molecule has 0 saturated carbocycles. The molecule has 0 amide bonds. The van der Waals surface area contributed by atoms with Crippen LogP contribution in [0, 0.1) is 6.92 Å². The Balaban J connectivity index is 1.98. The minimum atomic E-state index is 0.628. The van der Waals surface area contributed by atoms with E-state index in [1.807, 2.05) is 37.3 Å². The van der Waals surface area contributed by atoms with E-state index in [2.05, 4.69) is 27.5 Å². The van der Waals surface area contributed by atoms with Gasteiger partial charge in [-0.1, -0.05) is 38.0 Å². The average Bonchev–Trinajstić information content (AvgIpc) is 2.57. The highest BCUT2D eigenvalue weighted by atomic mass is 16.5. The fourth-order valence-corrected chi connectivity index (χ4v) is 2.35. The highest BCUT2D eigenvalue weighted by Crippen LogP contribution is 2.18. The van der Waals surface area contributed by atoms with Crippen LogP contribution in [0.2, 0.25) is 0 Å². The average molecular weight is 314 g/mol. The summed E-state index contributed by atoms with van der Waals surface area (Å²) in [4.78, 5) is 8.97. The third-order valence-corrected chi connectivity index (χ3v) is 3.57. The fraction of sp³-hybridized carbons (Fsp3) is 0.444. The summed E-state index contributed by atoms with van der Waals surface area (Å²) in [6.45, 7) is 5.75. The smallest absolute Gasteiger partial charge is 0.225 e. The van der Waals surface area contributed by atoms with Crippen LogP contribution < -0.4 is 15.4 Å². The van der Waals surface area contributed by atoms with Crippen molar-refractivity contribution in [3.05, 3.63) is 41.6 Å². The minimum Gasteiger partial charge on any atom is -0.496 e. The summed E-state index contributed by atoms with van der Waals surface area (Å²) < 4.78 is 5.36. The van der Waals surface area contributed by atoms with E-state index in [4.69, 9.17) is 4.74 Å². The Bertz CT molecular complexity index is 616. The van der Waals surface area contributed by atoms with Gasteiger partial charge < -0.3 is 15.4 Å². The molecule has 2 N–H and O–H groups in total. The molecule has 2 aromatic rings. The third kappa shape index (κ3) is 5.43. The van der Waals surface area contributed by atoms with Gasteiger partial charge in [0.1, 0.15) is 11.6 Å². The number of methoxy groups -OCH3 is 1. The summed E-state index contributed by atoms with van der Waals surface area (Å²) in [6.07, 6.45) is 3.61. The first-order valence-corrected chi connectivity index (χ1v) is 8.18. The maximum absolute atomic E-state index is 5.36. The lowest BCUT2D eigenvalue weighted by molar-refractivity contribution is 0.410. The summed E-state index contributed by atoms with van der Waals surface area (Å²) in [5.41, 5.74) is 2.03. The monoisotopic (exact) mass is 314 g/mol. The molecule has 124 valence electrons. The first kappa shape index (κ1) is 17.1. The number of para-hydroxylation sites is 1. The molecular weight excluding hydrogens is 288 g/mol. The maximum atomic E-state index is 5.36. The topological polar surface area (TPSA) is 59.1 Å². The molecule has 0 unspecified atom stereocenters. The van der Waals surface area contributed by atoms with E-state index in [9.17, 15) is 0 Å². The molecule has 0 fully saturated rings. The van der Waals surface area contributed by atoms with Crippen LogP contribution in [0.4, 0.5) is 11.8 Å². The SMILES string of the molecule is CCCCCNc1cc(C)nc(NCc2ccccc2OC)n1. The molecule has 0 atom stereocenters.